The summed E-state index contributed by atoms with van der Waals surface area (Å²) in [6.07, 6.45) is 8.78. The highest BCUT2D eigenvalue weighted by Crippen LogP contribution is 2.39. The molecular weight excluding hydrogens is 216 g/mol. The van der Waals surface area contributed by atoms with Crippen molar-refractivity contribution in [2.75, 3.05) is 13.7 Å². The Bertz CT molecular complexity index is 234. The van der Waals surface area contributed by atoms with Crippen LogP contribution in [0.15, 0.2) is 0 Å². The second-order valence-electron chi connectivity index (χ2n) is 5.13. The van der Waals surface area contributed by atoms with Crippen LogP contribution in [0.3, 0.4) is 0 Å². The van der Waals surface area contributed by atoms with Gasteiger partial charge < -0.3 is 9.47 Å². The Balaban J connectivity index is 2.13. The molecule has 0 spiro atoms. The molecule has 3 heteroatoms. The number of epoxide rings is 1. The minimum Gasteiger partial charge on any atom is -0.467 e. The van der Waals surface area contributed by atoms with Gasteiger partial charge in [-0.1, -0.05) is 52.4 Å². The lowest BCUT2D eigenvalue weighted by atomic mass is 9.89. The van der Waals surface area contributed by atoms with Gasteiger partial charge in [-0.3, -0.25) is 0 Å². The second kappa shape index (κ2) is 7.00. The second-order valence-corrected chi connectivity index (χ2v) is 5.13. The number of carbonyl (C=O) groups is 1. The molecule has 1 saturated heterocycles. The lowest BCUT2D eigenvalue weighted by Crippen LogP contribution is -2.33. The van der Waals surface area contributed by atoms with Crippen molar-refractivity contribution >= 4 is 5.97 Å². The van der Waals surface area contributed by atoms with E-state index in [1.807, 2.05) is 0 Å². The molecule has 0 bridgehead atoms. The first-order chi connectivity index (χ1) is 8.17. The van der Waals surface area contributed by atoms with Crippen LogP contribution in [0.4, 0.5) is 0 Å². The first-order valence-corrected chi connectivity index (χ1v) is 6.89. The van der Waals surface area contributed by atoms with Crippen LogP contribution in [0.2, 0.25) is 0 Å². The summed E-state index contributed by atoms with van der Waals surface area (Å²) < 4.78 is 10.1. The number of rotatable bonds is 9. The number of esters is 1. The SMILES string of the molecule is CCCCCCCCC(C)C1(C(=O)OC)CO1. The van der Waals surface area contributed by atoms with Gasteiger partial charge in [0.2, 0.25) is 0 Å². The Labute approximate surface area is 105 Å². The van der Waals surface area contributed by atoms with Crippen molar-refractivity contribution < 1.29 is 14.3 Å². The van der Waals surface area contributed by atoms with Crippen molar-refractivity contribution in [3.05, 3.63) is 0 Å². The van der Waals surface area contributed by atoms with Crippen molar-refractivity contribution in [2.24, 2.45) is 5.92 Å². The molecule has 0 amide bonds. The third-order valence-corrected chi connectivity index (χ3v) is 3.77. The summed E-state index contributed by atoms with van der Waals surface area (Å²) in [6, 6.07) is 0. The Morgan fingerprint density at radius 3 is 2.41 bits per heavy atom. The zero-order valence-electron chi connectivity index (χ0n) is 11.5. The van der Waals surface area contributed by atoms with Crippen LogP contribution in [0, 0.1) is 5.92 Å². The average Bonchev–Trinajstić information content (AvgIpc) is 3.13. The molecule has 0 aromatic heterocycles. The molecule has 1 heterocycles. The van der Waals surface area contributed by atoms with E-state index in [1.165, 1.54) is 45.6 Å². The number of ether oxygens (including phenoxy) is 2. The summed E-state index contributed by atoms with van der Waals surface area (Å²) >= 11 is 0. The predicted molar refractivity (Wildman–Crippen MR) is 67.9 cm³/mol. The summed E-state index contributed by atoms with van der Waals surface area (Å²) in [5, 5.41) is 0. The van der Waals surface area contributed by atoms with E-state index in [2.05, 4.69) is 13.8 Å². The zero-order chi connectivity index (χ0) is 12.7. The molecule has 0 N–H and O–H groups in total. The molecule has 0 aliphatic carbocycles. The number of hydrogen-bond acceptors (Lipinski definition) is 3. The van der Waals surface area contributed by atoms with Gasteiger partial charge in [0.1, 0.15) is 0 Å². The van der Waals surface area contributed by atoms with Gasteiger partial charge in [-0.15, -0.1) is 0 Å². The van der Waals surface area contributed by atoms with Gasteiger partial charge in [-0.05, 0) is 12.3 Å². The molecule has 3 nitrogen and oxygen atoms in total. The van der Waals surface area contributed by atoms with Gasteiger partial charge in [0.15, 0.2) is 5.60 Å². The fraction of sp³-hybridized carbons (Fsp3) is 0.929. The van der Waals surface area contributed by atoms with Crippen LogP contribution in [0.1, 0.15) is 58.8 Å². The highest BCUT2D eigenvalue weighted by Gasteiger charge is 2.57. The Morgan fingerprint density at radius 1 is 1.29 bits per heavy atom. The molecule has 0 aromatic rings. The van der Waals surface area contributed by atoms with Crippen LogP contribution >= 0.6 is 0 Å². The highest BCUT2D eigenvalue weighted by molar-refractivity contribution is 5.82. The predicted octanol–water partition coefficient (Wildman–Crippen LogP) is 3.32. The van der Waals surface area contributed by atoms with Crippen molar-refractivity contribution in [1.82, 2.24) is 0 Å². The number of hydrogen-bond donors (Lipinski definition) is 0. The average molecular weight is 242 g/mol. The normalized spacial score (nSPS) is 24.4. The number of carbonyl (C=O) groups excluding carboxylic acids is 1. The first kappa shape index (κ1) is 14.5. The Kier molecular flexibility index (Phi) is 5.96. The standard InChI is InChI=1S/C14H26O3/c1-4-5-6-7-8-9-10-12(2)14(11-17-14)13(15)16-3/h12H,4-11H2,1-3H3. The minimum atomic E-state index is -0.599. The highest BCUT2D eigenvalue weighted by atomic mass is 16.6. The molecule has 1 fully saturated rings. The molecule has 2 unspecified atom stereocenters. The Hall–Kier alpha value is -0.570. The number of methoxy groups -OCH3 is 1. The van der Waals surface area contributed by atoms with E-state index >= 15 is 0 Å². The molecule has 2 atom stereocenters. The topological polar surface area (TPSA) is 38.8 Å². The van der Waals surface area contributed by atoms with Gasteiger partial charge in [0.25, 0.3) is 0 Å². The Morgan fingerprint density at radius 2 is 1.88 bits per heavy atom. The van der Waals surface area contributed by atoms with Crippen LogP contribution in [-0.2, 0) is 14.3 Å². The lowest BCUT2D eigenvalue weighted by molar-refractivity contribution is -0.149. The fourth-order valence-electron chi connectivity index (χ4n) is 2.32. The van der Waals surface area contributed by atoms with Crippen LogP contribution in [0.25, 0.3) is 0 Å². The molecule has 1 aliphatic rings. The van der Waals surface area contributed by atoms with Crippen LogP contribution in [-0.4, -0.2) is 25.3 Å². The summed E-state index contributed by atoms with van der Waals surface area (Å²) in [4.78, 5) is 11.6. The van der Waals surface area contributed by atoms with Crippen LogP contribution < -0.4 is 0 Å². The maximum absolute atomic E-state index is 11.6. The quantitative estimate of drug-likeness (QED) is 0.354. The van der Waals surface area contributed by atoms with Crippen LogP contribution in [0.5, 0.6) is 0 Å². The molecule has 1 aliphatic heterocycles. The summed E-state index contributed by atoms with van der Waals surface area (Å²) in [5.74, 6) is 0.0807. The summed E-state index contributed by atoms with van der Waals surface area (Å²) in [7, 11) is 1.43. The minimum absolute atomic E-state index is 0.198. The third kappa shape index (κ3) is 3.98. The molecule has 0 aromatic carbocycles. The van der Waals surface area contributed by atoms with E-state index < -0.39 is 5.60 Å². The summed E-state index contributed by atoms with van der Waals surface area (Å²) in [5.41, 5.74) is -0.599. The van der Waals surface area contributed by atoms with Gasteiger partial charge in [-0.25, -0.2) is 4.79 Å². The molecule has 0 radical (unpaired) electrons. The van der Waals surface area contributed by atoms with E-state index in [1.54, 1.807) is 0 Å². The molecule has 0 saturated carbocycles. The third-order valence-electron chi connectivity index (χ3n) is 3.77. The van der Waals surface area contributed by atoms with E-state index in [9.17, 15) is 4.79 Å². The van der Waals surface area contributed by atoms with Gasteiger partial charge in [0.05, 0.1) is 13.7 Å². The van der Waals surface area contributed by atoms with Crippen molar-refractivity contribution in [3.63, 3.8) is 0 Å². The van der Waals surface area contributed by atoms with E-state index in [0.29, 0.717) is 6.61 Å². The zero-order valence-corrected chi connectivity index (χ0v) is 11.5. The van der Waals surface area contributed by atoms with Gasteiger partial charge in [-0.2, -0.15) is 0 Å². The molecule has 100 valence electrons. The largest absolute Gasteiger partial charge is 0.467 e. The maximum atomic E-state index is 11.6. The monoisotopic (exact) mass is 242 g/mol. The van der Waals surface area contributed by atoms with Gasteiger partial charge >= 0.3 is 5.97 Å². The molecule has 17 heavy (non-hydrogen) atoms. The van der Waals surface area contributed by atoms with E-state index in [4.69, 9.17) is 9.47 Å². The van der Waals surface area contributed by atoms with E-state index in [-0.39, 0.29) is 11.9 Å². The fourth-order valence-corrected chi connectivity index (χ4v) is 2.32. The molecular formula is C14H26O3. The van der Waals surface area contributed by atoms with Crippen molar-refractivity contribution in [3.8, 4) is 0 Å². The van der Waals surface area contributed by atoms with Gasteiger partial charge in [0, 0.05) is 0 Å². The molecule has 1 rings (SSSR count). The first-order valence-electron chi connectivity index (χ1n) is 6.89. The number of unbranched alkanes of at least 4 members (excludes halogenated alkanes) is 5. The van der Waals surface area contributed by atoms with Crippen molar-refractivity contribution in [2.45, 2.75) is 64.4 Å². The smallest absolute Gasteiger partial charge is 0.340 e. The van der Waals surface area contributed by atoms with E-state index in [0.717, 1.165) is 6.42 Å². The lowest BCUT2D eigenvalue weighted by Gasteiger charge is -2.17. The summed E-state index contributed by atoms with van der Waals surface area (Å²) in [6.45, 7) is 4.86. The van der Waals surface area contributed by atoms with Crippen molar-refractivity contribution in [1.29, 1.82) is 0 Å². The maximum Gasteiger partial charge on any atom is 0.340 e.